The quantitative estimate of drug-likeness (QED) is 0.849. The number of carbonyl (C=O) groups excluding carboxylic acids is 1. The van der Waals surface area contributed by atoms with Gasteiger partial charge in [-0.1, -0.05) is 12.1 Å². The molecule has 0 saturated carbocycles. The Morgan fingerprint density at radius 2 is 1.92 bits per heavy atom. The number of piperidine rings is 1. The second-order valence-corrected chi connectivity index (χ2v) is 9.21. The van der Waals surface area contributed by atoms with Crippen molar-refractivity contribution in [1.82, 2.24) is 14.2 Å². The number of sulfonamides is 1. The largest absolute Gasteiger partial charge is 0.350 e. The highest BCUT2D eigenvalue weighted by atomic mass is 32.2. The van der Waals surface area contributed by atoms with Gasteiger partial charge in [0.2, 0.25) is 10.0 Å². The first-order valence-electron chi connectivity index (χ1n) is 8.71. The van der Waals surface area contributed by atoms with Gasteiger partial charge in [-0.25, -0.2) is 8.42 Å². The van der Waals surface area contributed by atoms with E-state index in [4.69, 9.17) is 0 Å². The topological polar surface area (TPSA) is 90.6 Å². The zero-order chi connectivity index (χ0) is 18.5. The lowest BCUT2D eigenvalue weighted by atomic mass is 9.94. The maximum absolute atomic E-state index is 13.1. The molecule has 8 heteroatoms. The van der Waals surface area contributed by atoms with Gasteiger partial charge in [-0.15, -0.1) is 0 Å². The van der Waals surface area contributed by atoms with Crippen molar-refractivity contribution < 1.29 is 13.2 Å². The lowest BCUT2D eigenvalue weighted by Crippen LogP contribution is -2.48. The van der Waals surface area contributed by atoms with Crippen LogP contribution in [0.1, 0.15) is 23.3 Å². The first kappa shape index (κ1) is 17.2. The average Bonchev–Trinajstić information content (AvgIpc) is 2.93. The zero-order valence-corrected chi connectivity index (χ0v) is 15.3. The molecule has 1 amide bonds. The van der Waals surface area contributed by atoms with E-state index in [0.717, 1.165) is 12.8 Å². The normalized spacial score (nSPS) is 24.0. The predicted molar refractivity (Wildman–Crippen MR) is 98.5 cm³/mol. The standard InChI is InChI=1S/C18H21N3O4S/c1-26(24,25)20-9-12-6-7-13(11-20)21(10-12)18(23)16-8-17(22)14-4-2-3-5-15(14)19-16/h2-5,8,12-13H,6-7,9-11H2,1H3,(H,19,22)/t12-,13+/m1/s1. The van der Waals surface area contributed by atoms with E-state index in [1.54, 1.807) is 23.1 Å². The number of pyridine rings is 1. The monoisotopic (exact) mass is 375 g/mol. The number of benzene rings is 1. The fourth-order valence-corrected chi connectivity index (χ4v) is 4.95. The Kier molecular flexibility index (Phi) is 4.11. The highest BCUT2D eigenvalue weighted by molar-refractivity contribution is 7.88. The highest BCUT2D eigenvalue weighted by Crippen LogP contribution is 2.30. The Morgan fingerprint density at radius 1 is 1.15 bits per heavy atom. The molecular formula is C18H21N3O4S. The molecule has 3 fully saturated rings. The van der Waals surface area contributed by atoms with E-state index in [1.165, 1.54) is 16.6 Å². The maximum Gasteiger partial charge on any atom is 0.270 e. The molecule has 3 saturated heterocycles. The summed E-state index contributed by atoms with van der Waals surface area (Å²) in [5, 5.41) is 0.546. The first-order chi connectivity index (χ1) is 12.3. The number of para-hydroxylation sites is 1. The van der Waals surface area contributed by atoms with Crippen molar-refractivity contribution in [2.75, 3.05) is 25.9 Å². The zero-order valence-electron chi connectivity index (χ0n) is 14.5. The summed E-state index contributed by atoms with van der Waals surface area (Å²) in [7, 11) is -3.29. The van der Waals surface area contributed by atoms with Crippen LogP contribution in [0, 0.1) is 5.92 Å². The number of aromatic nitrogens is 1. The van der Waals surface area contributed by atoms with Crippen molar-refractivity contribution in [3.8, 4) is 0 Å². The Labute approximate surface area is 151 Å². The van der Waals surface area contributed by atoms with Gasteiger partial charge in [0.1, 0.15) is 5.69 Å². The van der Waals surface area contributed by atoms with Crippen LogP contribution in [-0.4, -0.2) is 60.4 Å². The Morgan fingerprint density at radius 3 is 2.69 bits per heavy atom. The number of rotatable bonds is 2. The number of aromatic amines is 1. The number of nitrogens with zero attached hydrogens (tertiary/aromatic N) is 2. The third kappa shape index (κ3) is 3.03. The third-order valence-corrected chi connectivity index (χ3v) is 6.61. The fraction of sp³-hybridized carbons (Fsp3) is 0.444. The number of H-pyrrole nitrogens is 1. The van der Waals surface area contributed by atoms with Crippen LogP contribution in [0.5, 0.6) is 0 Å². The molecule has 3 aliphatic rings. The van der Waals surface area contributed by atoms with Crippen LogP contribution >= 0.6 is 0 Å². The smallest absolute Gasteiger partial charge is 0.270 e. The molecule has 2 aromatic rings. The van der Waals surface area contributed by atoms with Gasteiger partial charge in [0.05, 0.1) is 6.26 Å². The summed E-state index contributed by atoms with van der Waals surface area (Å²) in [6.45, 7) is 1.29. The van der Waals surface area contributed by atoms with E-state index >= 15 is 0 Å². The van der Waals surface area contributed by atoms with E-state index < -0.39 is 10.0 Å². The summed E-state index contributed by atoms with van der Waals surface area (Å²) in [5.41, 5.74) is 0.689. The SMILES string of the molecule is CS(=O)(=O)N1C[C@H]2CC[C@@H](C1)N(C(=O)c1cc(=O)c3ccccc3[nH]1)C2. The Balaban J connectivity index is 1.68. The van der Waals surface area contributed by atoms with Crippen LogP contribution in [0.25, 0.3) is 10.9 Å². The molecule has 26 heavy (non-hydrogen) atoms. The van der Waals surface area contributed by atoms with Gasteiger partial charge in [-0.3, -0.25) is 9.59 Å². The third-order valence-electron chi connectivity index (χ3n) is 5.38. The van der Waals surface area contributed by atoms with Crippen molar-refractivity contribution in [3.63, 3.8) is 0 Å². The highest BCUT2D eigenvalue weighted by Gasteiger charge is 2.40. The Bertz CT molecular complexity index is 1030. The number of nitrogens with one attached hydrogen (secondary N) is 1. The van der Waals surface area contributed by atoms with E-state index in [-0.39, 0.29) is 29.0 Å². The van der Waals surface area contributed by atoms with Gasteiger partial charge in [-0.05, 0) is 30.9 Å². The second kappa shape index (κ2) is 6.21. The van der Waals surface area contributed by atoms with E-state index in [0.29, 0.717) is 30.5 Å². The average molecular weight is 375 g/mol. The number of carbonyl (C=O) groups is 1. The summed E-state index contributed by atoms with van der Waals surface area (Å²) in [6.07, 6.45) is 2.90. The first-order valence-corrected chi connectivity index (χ1v) is 10.6. The van der Waals surface area contributed by atoms with E-state index in [9.17, 15) is 18.0 Å². The molecule has 0 spiro atoms. The minimum Gasteiger partial charge on any atom is -0.350 e. The summed E-state index contributed by atoms with van der Waals surface area (Å²) >= 11 is 0. The molecule has 138 valence electrons. The molecule has 4 heterocycles. The van der Waals surface area contributed by atoms with Crippen LogP contribution in [0.15, 0.2) is 35.1 Å². The predicted octanol–water partition coefficient (Wildman–Crippen LogP) is 1.02. The fourth-order valence-electron chi connectivity index (χ4n) is 4.03. The van der Waals surface area contributed by atoms with Crippen LogP contribution in [0.2, 0.25) is 0 Å². The Hall–Kier alpha value is -2.19. The molecule has 2 bridgehead atoms. The van der Waals surface area contributed by atoms with Crippen molar-refractivity contribution in [3.05, 3.63) is 46.2 Å². The molecular weight excluding hydrogens is 354 g/mol. The molecule has 0 aliphatic carbocycles. The summed E-state index contributed by atoms with van der Waals surface area (Å²) in [4.78, 5) is 30.2. The molecule has 7 nitrogen and oxygen atoms in total. The minimum atomic E-state index is -3.29. The number of hydrogen-bond donors (Lipinski definition) is 1. The van der Waals surface area contributed by atoms with Crippen LogP contribution in [-0.2, 0) is 10.0 Å². The van der Waals surface area contributed by atoms with Gasteiger partial charge < -0.3 is 9.88 Å². The number of amides is 1. The van der Waals surface area contributed by atoms with Crippen molar-refractivity contribution in [2.45, 2.75) is 18.9 Å². The van der Waals surface area contributed by atoms with Gasteiger partial charge >= 0.3 is 0 Å². The molecule has 3 aliphatic heterocycles. The van der Waals surface area contributed by atoms with Crippen molar-refractivity contribution >= 4 is 26.8 Å². The molecule has 2 atom stereocenters. The number of fused-ring (bicyclic) bond motifs is 5. The maximum atomic E-state index is 13.1. The lowest BCUT2D eigenvalue weighted by Gasteiger charge is -2.36. The van der Waals surface area contributed by atoms with Gasteiger partial charge in [-0.2, -0.15) is 4.31 Å². The minimum absolute atomic E-state index is 0.125. The molecule has 0 unspecified atom stereocenters. The van der Waals surface area contributed by atoms with Crippen LogP contribution < -0.4 is 5.43 Å². The van der Waals surface area contributed by atoms with Crippen molar-refractivity contribution in [2.24, 2.45) is 5.92 Å². The lowest BCUT2D eigenvalue weighted by molar-refractivity contribution is 0.0583. The molecule has 1 aromatic carbocycles. The number of hydrogen-bond acceptors (Lipinski definition) is 4. The summed E-state index contributed by atoms with van der Waals surface area (Å²) < 4.78 is 25.4. The molecule has 1 aromatic heterocycles. The van der Waals surface area contributed by atoms with Crippen LogP contribution in [0.3, 0.4) is 0 Å². The molecule has 1 N–H and O–H groups in total. The van der Waals surface area contributed by atoms with Gasteiger partial charge in [0.15, 0.2) is 5.43 Å². The van der Waals surface area contributed by atoms with E-state index in [2.05, 4.69) is 4.98 Å². The van der Waals surface area contributed by atoms with Crippen LogP contribution in [0.4, 0.5) is 0 Å². The summed E-state index contributed by atoms with van der Waals surface area (Å²) in [6, 6.07) is 8.27. The summed E-state index contributed by atoms with van der Waals surface area (Å²) in [5.74, 6) is -0.113. The van der Waals surface area contributed by atoms with Gasteiger partial charge in [0.25, 0.3) is 5.91 Å². The second-order valence-electron chi connectivity index (χ2n) is 7.23. The van der Waals surface area contributed by atoms with Gasteiger partial charge in [0, 0.05) is 42.6 Å². The molecule has 5 rings (SSSR count). The molecule has 0 radical (unpaired) electrons. The van der Waals surface area contributed by atoms with Crippen molar-refractivity contribution in [1.29, 1.82) is 0 Å². The van der Waals surface area contributed by atoms with E-state index in [1.807, 2.05) is 6.07 Å².